The fourth-order valence-electron chi connectivity index (χ4n) is 2.16. The van der Waals surface area contributed by atoms with Gasteiger partial charge in [-0.1, -0.05) is 32.0 Å². The number of carbonyl (C=O) groups excluding carboxylic acids is 1. The fourth-order valence-corrected chi connectivity index (χ4v) is 2.16. The molecule has 0 unspecified atom stereocenters. The van der Waals surface area contributed by atoms with Crippen molar-refractivity contribution >= 4 is 11.6 Å². The highest BCUT2D eigenvalue weighted by molar-refractivity contribution is 5.95. The number of carbonyl (C=O) groups is 1. The lowest BCUT2D eigenvalue weighted by Gasteiger charge is -2.18. The number of anilines is 1. The average molecular weight is 301 g/mol. The van der Waals surface area contributed by atoms with Crippen molar-refractivity contribution in [3.05, 3.63) is 59.9 Å². The van der Waals surface area contributed by atoms with Crippen LogP contribution in [0.3, 0.4) is 0 Å². The van der Waals surface area contributed by atoms with Gasteiger partial charge in [0.2, 0.25) is 0 Å². The van der Waals surface area contributed by atoms with Gasteiger partial charge in [-0.3, -0.25) is 4.79 Å². The Morgan fingerprint density at radius 2 is 1.82 bits per heavy atom. The lowest BCUT2D eigenvalue weighted by atomic mass is 10.1. The highest BCUT2D eigenvalue weighted by atomic mass is 19.1. The van der Waals surface area contributed by atoms with Crippen LogP contribution < -0.4 is 10.1 Å². The molecule has 1 atom stereocenters. The summed E-state index contributed by atoms with van der Waals surface area (Å²) in [7, 11) is 0. The van der Waals surface area contributed by atoms with E-state index < -0.39 is 6.10 Å². The van der Waals surface area contributed by atoms with E-state index in [4.69, 9.17) is 4.74 Å². The van der Waals surface area contributed by atoms with Crippen molar-refractivity contribution in [1.82, 2.24) is 0 Å². The number of hydrogen-bond donors (Lipinski definition) is 1. The number of nitrogens with one attached hydrogen (secondary N) is 1. The second kappa shape index (κ2) is 7.59. The number of para-hydroxylation sites is 1. The van der Waals surface area contributed by atoms with Crippen LogP contribution in [-0.2, 0) is 11.2 Å². The number of halogens is 1. The van der Waals surface area contributed by atoms with Crippen LogP contribution in [0.25, 0.3) is 0 Å². The van der Waals surface area contributed by atoms with Crippen molar-refractivity contribution in [3.8, 4) is 5.75 Å². The largest absolute Gasteiger partial charge is 0.481 e. The van der Waals surface area contributed by atoms with Gasteiger partial charge in [-0.2, -0.15) is 0 Å². The van der Waals surface area contributed by atoms with Gasteiger partial charge in [-0.25, -0.2) is 4.39 Å². The SMILES string of the molecule is CCc1ccccc1NC(=O)[C@@H](CC)Oc1ccc(F)cc1. The van der Waals surface area contributed by atoms with Crippen LogP contribution in [0.5, 0.6) is 5.75 Å². The summed E-state index contributed by atoms with van der Waals surface area (Å²) in [5.41, 5.74) is 1.88. The minimum atomic E-state index is -0.615. The number of aryl methyl sites for hydroxylation is 1. The summed E-state index contributed by atoms with van der Waals surface area (Å²) in [6.07, 6.45) is 0.749. The molecule has 0 spiro atoms. The van der Waals surface area contributed by atoms with Crippen molar-refractivity contribution < 1.29 is 13.9 Å². The Bertz CT molecular complexity index is 625. The molecule has 0 saturated heterocycles. The minimum absolute atomic E-state index is 0.201. The summed E-state index contributed by atoms with van der Waals surface area (Å²) < 4.78 is 18.5. The maximum absolute atomic E-state index is 12.9. The number of benzene rings is 2. The monoisotopic (exact) mass is 301 g/mol. The lowest BCUT2D eigenvalue weighted by molar-refractivity contribution is -0.122. The zero-order chi connectivity index (χ0) is 15.9. The van der Waals surface area contributed by atoms with Gasteiger partial charge < -0.3 is 10.1 Å². The molecule has 2 aromatic rings. The van der Waals surface area contributed by atoms with E-state index in [0.717, 1.165) is 17.7 Å². The van der Waals surface area contributed by atoms with E-state index in [9.17, 15) is 9.18 Å². The summed E-state index contributed by atoms with van der Waals surface area (Å²) in [4.78, 5) is 12.4. The number of hydrogen-bond acceptors (Lipinski definition) is 2. The highest BCUT2D eigenvalue weighted by Gasteiger charge is 2.19. The standard InChI is InChI=1S/C18H20FNO2/c1-3-13-7-5-6-8-16(13)20-18(21)17(4-2)22-15-11-9-14(19)10-12-15/h5-12,17H,3-4H2,1-2H3,(H,20,21)/t17-/m1/s1. The maximum atomic E-state index is 12.9. The first kappa shape index (κ1) is 16.0. The Morgan fingerprint density at radius 1 is 1.14 bits per heavy atom. The van der Waals surface area contributed by atoms with E-state index in [1.54, 1.807) is 0 Å². The van der Waals surface area contributed by atoms with Gasteiger partial charge in [0.25, 0.3) is 5.91 Å². The third kappa shape index (κ3) is 4.07. The zero-order valence-corrected chi connectivity index (χ0v) is 12.8. The molecule has 0 aromatic heterocycles. The Balaban J connectivity index is 2.07. The van der Waals surface area contributed by atoms with Gasteiger partial charge in [0.1, 0.15) is 11.6 Å². The van der Waals surface area contributed by atoms with E-state index in [0.29, 0.717) is 12.2 Å². The summed E-state index contributed by atoms with van der Waals surface area (Å²) >= 11 is 0. The highest BCUT2D eigenvalue weighted by Crippen LogP contribution is 2.18. The van der Waals surface area contributed by atoms with Crippen molar-refractivity contribution in [1.29, 1.82) is 0 Å². The molecule has 0 bridgehead atoms. The number of ether oxygens (including phenoxy) is 1. The smallest absolute Gasteiger partial charge is 0.265 e. The molecule has 0 fully saturated rings. The summed E-state index contributed by atoms with van der Waals surface area (Å²) in [5, 5.41) is 2.91. The summed E-state index contributed by atoms with van der Waals surface area (Å²) in [5.74, 6) is -0.0541. The van der Waals surface area contributed by atoms with Crippen molar-refractivity contribution in [2.24, 2.45) is 0 Å². The van der Waals surface area contributed by atoms with Crippen LogP contribution in [-0.4, -0.2) is 12.0 Å². The maximum Gasteiger partial charge on any atom is 0.265 e. The molecule has 0 aliphatic heterocycles. The van der Waals surface area contributed by atoms with E-state index >= 15 is 0 Å². The zero-order valence-electron chi connectivity index (χ0n) is 12.8. The molecule has 2 rings (SSSR count). The van der Waals surface area contributed by atoms with Gasteiger partial charge in [-0.15, -0.1) is 0 Å². The molecular formula is C18H20FNO2. The molecule has 116 valence electrons. The van der Waals surface area contributed by atoms with Crippen molar-refractivity contribution in [2.45, 2.75) is 32.8 Å². The molecule has 0 aliphatic carbocycles. The van der Waals surface area contributed by atoms with E-state index in [-0.39, 0.29) is 11.7 Å². The fraction of sp³-hybridized carbons (Fsp3) is 0.278. The van der Waals surface area contributed by atoms with Crippen LogP contribution in [0.2, 0.25) is 0 Å². The predicted molar refractivity (Wildman–Crippen MR) is 85.6 cm³/mol. The molecule has 1 amide bonds. The second-order valence-corrected chi connectivity index (χ2v) is 4.97. The third-order valence-electron chi connectivity index (χ3n) is 3.41. The quantitative estimate of drug-likeness (QED) is 0.869. The lowest BCUT2D eigenvalue weighted by Crippen LogP contribution is -2.32. The van der Waals surface area contributed by atoms with Gasteiger partial charge in [0.15, 0.2) is 6.10 Å². The number of rotatable bonds is 6. The van der Waals surface area contributed by atoms with E-state index in [1.165, 1.54) is 24.3 Å². The molecule has 2 aromatic carbocycles. The first-order valence-corrected chi connectivity index (χ1v) is 7.45. The van der Waals surface area contributed by atoms with Crippen LogP contribution in [0.1, 0.15) is 25.8 Å². The first-order chi connectivity index (χ1) is 10.6. The topological polar surface area (TPSA) is 38.3 Å². The summed E-state index contributed by atoms with van der Waals surface area (Å²) in [6.45, 7) is 3.91. The van der Waals surface area contributed by atoms with Gasteiger partial charge in [0.05, 0.1) is 0 Å². The minimum Gasteiger partial charge on any atom is -0.481 e. The van der Waals surface area contributed by atoms with E-state index in [1.807, 2.05) is 38.1 Å². The summed E-state index contributed by atoms with van der Waals surface area (Å²) in [6, 6.07) is 13.4. The van der Waals surface area contributed by atoms with Crippen LogP contribution in [0.4, 0.5) is 10.1 Å². The Hall–Kier alpha value is -2.36. The Labute approximate surface area is 130 Å². The molecule has 0 heterocycles. The van der Waals surface area contributed by atoms with Crippen LogP contribution in [0, 0.1) is 5.82 Å². The normalized spacial score (nSPS) is 11.8. The first-order valence-electron chi connectivity index (χ1n) is 7.45. The Kier molecular flexibility index (Phi) is 5.53. The second-order valence-electron chi connectivity index (χ2n) is 4.97. The molecule has 0 radical (unpaired) electrons. The average Bonchev–Trinajstić information content (AvgIpc) is 2.54. The third-order valence-corrected chi connectivity index (χ3v) is 3.41. The van der Waals surface area contributed by atoms with Gasteiger partial charge >= 0.3 is 0 Å². The Morgan fingerprint density at radius 3 is 2.45 bits per heavy atom. The molecular weight excluding hydrogens is 281 g/mol. The van der Waals surface area contributed by atoms with E-state index in [2.05, 4.69) is 5.32 Å². The molecule has 1 N–H and O–H groups in total. The molecule has 0 saturated carbocycles. The van der Waals surface area contributed by atoms with Crippen molar-refractivity contribution in [3.63, 3.8) is 0 Å². The van der Waals surface area contributed by atoms with Gasteiger partial charge in [-0.05, 0) is 48.7 Å². The van der Waals surface area contributed by atoms with Crippen LogP contribution in [0.15, 0.2) is 48.5 Å². The molecule has 4 heteroatoms. The van der Waals surface area contributed by atoms with Crippen LogP contribution >= 0.6 is 0 Å². The van der Waals surface area contributed by atoms with Crippen molar-refractivity contribution in [2.75, 3.05) is 5.32 Å². The predicted octanol–water partition coefficient (Wildman–Crippen LogP) is 4.18. The number of amides is 1. The molecule has 3 nitrogen and oxygen atoms in total. The molecule has 22 heavy (non-hydrogen) atoms. The van der Waals surface area contributed by atoms with Gasteiger partial charge in [0, 0.05) is 5.69 Å². The molecule has 0 aliphatic rings.